The van der Waals surface area contributed by atoms with Gasteiger partial charge in [0.2, 0.25) is 5.91 Å². The largest absolute Gasteiger partial charge is 0.352 e. The van der Waals surface area contributed by atoms with Crippen LogP contribution in [0.1, 0.15) is 18.4 Å². The van der Waals surface area contributed by atoms with E-state index in [9.17, 15) is 4.79 Å². The minimum absolute atomic E-state index is 0.176. The van der Waals surface area contributed by atoms with Crippen LogP contribution in [-0.2, 0) is 11.3 Å². The van der Waals surface area contributed by atoms with Crippen LogP contribution < -0.4 is 10.6 Å². The number of carbonyl (C=O) groups excluding carboxylic acids is 1. The predicted molar refractivity (Wildman–Crippen MR) is 67.0 cm³/mol. The lowest BCUT2D eigenvalue weighted by Gasteiger charge is -2.11. The first-order chi connectivity index (χ1) is 7.74. The van der Waals surface area contributed by atoms with Gasteiger partial charge in [-0.15, -0.1) is 0 Å². The molecule has 0 radical (unpaired) electrons. The molecule has 86 valence electrons. The van der Waals surface area contributed by atoms with Gasteiger partial charge in [-0.1, -0.05) is 28.1 Å². The molecule has 1 atom stereocenters. The molecular formula is C12H15BrN2O. The van der Waals surface area contributed by atoms with Gasteiger partial charge in [0.05, 0.1) is 0 Å². The Morgan fingerprint density at radius 2 is 2.12 bits per heavy atom. The van der Waals surface area contributed by atoms with E-state index in [1.807, 2.05) is 12.1 Å². The molecule has 1 unspecified atom stereocenters. The number of nitrogens with one attached hydrogen (secondary N) is 2. The van der Waals surface area contributed by atoms with Gasteiger partial charge in [-0.05, 0) is 24.1 Å². The Balaban J connectivity index is 1.72. The number of hydrogen-bond acceptors (Lipinski definition) is 2. The van der Waals surface area contributed by atoms with Crippen LogP contribution in [0.25, 0.3) is 0 Å². The molecule has 1 saturated heterocycles. The van der Waals surface area contributed by atoms with Crippen LogP contribution in [0.2, 0.25) is 0 Å². The molecule has 1 fully saturated rings. The summed E-state index contributed by atoms with van der Waals surface area (Å²) in [5.74, 6) is 0.176. The summed E-state index contributed by atoms with van der Waals surface area (Å²) in [6.45, 7) is 1.70. The molecule has 1 aromatic carbocycles. The van der Waals surface area contributed by atoms with E-state index < -0.39 is 0 Å². The van der Waals surface area contributed by atoms with Gasteiger partial charge < -0.3 is 10.6 Å². The maximum absolute atomic E-state index is 11.0. The van der Waals surface area contributed by atoms with Gasteiger partial charge in [-0.3, -0.25) is 4.79 Å². The average Bonchev–Trinajstić information content (AvgIpc) is 2.67. The predicted octanol–water partition coefficient (Wildman–Crippen LogP) is 1.82. The first kappa shape index (κ1) is 11.6. The Hall–Kier alpha value is -0.870. The molecule has 0 aromatic heterocycles. The van der Waals surface area contributed by atoms with Crippen LogP contribution in [0.5, 0.6) is 0 Å². The van der Waals surface area contributed by atoms with Gasteiger partial charge >= 0.3 is 0 Å². The van der Waals surface area contributed by atoms with E-state index in [2.05, 4.69) is 38.7 Å². The summed E-state index contributed by atoms with van der Waals surface area (Å²) in [5.41, 5.74) is 1.26. The monoisotopic (exact) mass is 282 g/mol. The smallest absolute Gasteiger partial charge is 0.220 e. The summed E-state index contributed by atoms with van der Waals surface area (Å²) in [6, 6.07) is 8.56. The molecule has 2 N–H and O–H groups in total. The van der Waals surface area contributed by atoms with Crippen molar-refractivity contribution in [3.05, 3.63) is 34.3 Å². The van der Waals surface area contributed by atoms with E-state index >= 15 is 0 Å². The molecule has 16 heavy (non-hydrogen) atoms. The summed E-state index contributed by atoms with van der Waals surface area (Å²) < 4.78 is 1.10. The maximum atomic E-state index is 11.0. The second kappa shape index (κ2) is 5.46. The van der Waals surface area contributed by atoms with Crippen molar-refractivity contribution >= 4 is 21.8 Å². The third kappa shape index (κ3) is 3.32. The van der Waals surface area contributed by atoms with Crippen LogP contribution >= 0.6 is 15.9 Å². The number of hydrogen-bond donors (Lipinski definition) is 2. The highest BCUT2D eigenvalue weighted by atomic mass is 79.9. The molecule has 0 saturated carbocycles. The summed E-state index contributed by atoms with van der Waals surface area (Å²) in [5, 5.41) is 6.29. The van der Waals surface area contributed by atoms with Gasteiger partial charge in [-0.25, -0.2) is 0 Å². The average molecular weight is 283 g/mol. The van der Waals surface area contributed by atoms with Crippen LogP contribution in [0, 0.1) is 0 Å². The van der Waals surface area contributed by atoms with E-state index in [1.165, 1.54) is 5.56 Å². The van der Waals surface area contributed by atoms with Crippen molar-refractivity contribution in [2.24, 2.45) is 0 Å². The third-order valence-corrected chi connectivity index (χ3v) is 3.25. The summed E-state index contributed by atoms with van der Waals surface area (Å²) >= 11 is 3.41. The molecule has 1 aliphatic heterocycles. The molecule has 3 nitrogen and oxygen atoms in total. The molecule has 2 rings (SSSR count). The molecule has 1 aliphatic rings. The summed E-state index contributed by atoms with van der Waals surface area (Å²) in [4.78, 5) is 11.0. The molecule has 1 amide bonds. The lowest BCUT2D eigenvalue weighted by Crippen LogP contribution is -2.35. The lowest BCUT2D eigenvalue weighted by molar-refractivity contribution is -0.119. The second-order valence-electron chi connectivity index (χ2n) is 4.06. The van der Waals surface area contributed by atoms with Gasteiger partial charge in [-0.2, -0.15) is 0 Å². The molecule has 0 spiro atoms. The number of amides is 1. The fraction of sp³-hybridized carbons (Fsp3) is 0.417. The van der Waals surface area contributed by atoms with E-state index in [0.29, 0.717) is 12.5 Å². The zero-order valence-electron chi connectivity index (χ0n) is 9.00. The quantitative estimate of drug-likeness (QED) is 0.885. The first-order valence-corrected chi connectivity index (χ1v) is 6.28. The highest BCUT2D eigenvalue weighted by molar-refractivity contribution is 9.10. The summed E-state index contributed by atoms with van der Waals surface area (Å²) in [6.07, 6.45) is 1.62. The topological polar surface area (TPSA) is 41.1 Å². The van der Waals surface area contributed by atoms with Crippen LogP contribution in [0.3, 0.4) is 0 Å². The van der Waals surface area contributed by atoms with Crippen molar-refractivity contribution in [2.75, 3.05) is 6.54 Å². The Bertz CT molecular complexity index is 364. The van der Waals surface area contributed by atoms with Crippen molar-refractivity contribution in [3.63, 3.8) is 0 Å². The SMILES string of the molecule is O=C1CCC(CNCc2ccc(Br)cc2)N1. The standard InChI is InChI=1S/C12H15BrN2O/c13-10-3-1-9(2-4-10)7-14-8-11-5-6-12(16)15-11/h1-4,11,14H,5-8H2,(H,15,16). The number of benzene rings is 1. The molecule has 1 heterocycles. The summed E-state index contributed by atoms with van der Waals surface area (Å²) in [7, 11) is 0. The van der Waals surface area contributed by atoms with Crippen molar-refractivity contribution < 1.29 is 4.79 Å². The number of halogens is 1. The Morgan fingerprint density at radius 3 is 2.75 bits per heavy atom. The Labute approximate surface area is 104 Å². The van der Waals surface area contributed by atoms with Crippen molar-refractivity contribution in [3.8, 4) is 0 Å². The van der Waals surface area contributed by atoms with Gasteiger partial charge in [0.15, 0.2) is 0 Å². The number of carbonyl (C=O) groups is 1. The zero-order valence-corrected chi connectivity index (χ0v) is 10.6. The fourth-order valence-corrected chi connectivity index (χ4v) is 2.09. The van der Waals surface area contributed by atoms with E-state index in [4.69, 9.17) is 0 Å². The minimum Gasteiger partial charge on any atom is -0.352 e. The molecule has 0 bridgehead atoms. The van der Waals surface area contributed by atoms with Gasteiger partial charge in [0.25, 0.3) is 0 Å². The van der Waals surface area contributed by atoms with Gasteiger partial charge in [0, 0.05) is 30.0 Å². The molecular weight excluding hydrogens is 268 g/mol. The van der Waals surface area contributed by atoms with Crippen molar-refractivity contribution in [1.29, 1.82) is 0 Å². The number of rotatable bonds is 4. The Morgan fingerprint density at radius 1 is 1.38 bits per heavy atom. The first-order valence-electron chi connectivity index (χ1n) is 5.48. The maximum Gasteiger partial charge on any atom is 0.220 e. The lowest BCUT2D eigenvalue weighted by atomic mass is 10.2. The normalized spacial score (nSPS) is 19.8. The highest BCUT2D eigenvalue weighted by Crippen LogP contribution is 2.10. The zero-order chi connectivity index (χ0) is 11.4. The second-order valence-corrected chi connectivity index (χ2v) is 4.98. The molecule has 0 aliphatic carbocycles. The molecule has 1 aromatic rings. The van der Waals surface area contributed by atoms with Crippen molar-refractivity contribution in [1.82, 2.24) is 10.6 Å². The fourth-order valence-electron chi connectivity index (χ4n) is 1.82. The van der Waals surface area contributed by atoms with Gasteiger partial charge in [0.1, 0.15) is 0 Å². The van der Waals surface area contributed by atoms with E-state index in [0.717, 1.165) is 24.0 Å². The van der Waals surface area contributed by atoms with Crippen LogP contribution in [0.4, 0.5) is 0 Å². The van der Waals surface area contributed by atoms with Crippen LogP contribution in [0.15, 0.2) is 28.7 Å². The molecule has 4 heteroatoms. The van der Waals surface area contributed by atoms with Crippen LogP contribution in [-0.4, -0.2) is 18.5 Å². The highest BCUT2D eigenvalue weighted by Gasteiger charge is 2.19. The third-order valence-electron chi connectivity index (χ3n) is 2.72. The van der Waals surface area contributed by atoms with E-state index in [1.54, 1.807) is 0 Å². The minimum atomic E-state index is 0.176. The van der Waals surface area contributed by atoms with E-state index in [-0.39, 0.29) is 5.91 Å². The van der Waals surface area contributed by atoms with Crippen molar-refractivity contribution in [2.45, 2.75) is 25.4 Å². The Kier molecular flexibility index (Phi) is 3.96.